The van der Waals surface area contributed by atoms with Gasteiger partial charge in [0.05, 0.1) is 11.8 Å². The van der Waals surface area contributed by atoms with Crippen LogP contribution in [0.3, 0.4) is 0 Å². The van der Waals surface area contributed by atoms with Gasteiger partial charge in [0, 0.05) is 11.5 Å². The summed E-state index contributed by atoms with van der Waals surface area (Å²) in [4.78, 5) is 36.2. The molecule has 0 radical (unpaired) electrons. The molecule has 5 heteroatoms. The second kappa shape index (κ2) is 4.93. The molecule has 5 nitrogen and oxygen atoms in total. The second-order valence-corrected chi connectivity index (χ2v) is 6.32. The lowest BCUT2D eigenvalue weighted by atomic mass is 9.80. The van der Waals surface area contributed by atoms with Gasteiger partial charge in [-0.25, -0.2) is 0 Å². The van der Waals surface area contributed by atoms with E-state index in [0.717, 1.165) is 12.8 Å². The first-order valence-corrected chi connectivity index (χ1v) is 7.60. The number of fused-ring (bicyclic) bond motifs is 1. The molecule has 2 saturated carbocycles. The lowest BCUT2D eigenvalue weighted by Crippen LogP contribution is -2.34. The van der Waals surface area contributed by atoms with Crippen LogP contribution in [0.5, 0.6) is 0 Å². The number of benzene rings is 1. The van der Waals surface area contributed by atoms with E-state index in [-0.39, 0.29) is 42.2 Å². The monoisotopic (exact) mass is 300 g/mol. The fourth-order valence-corrected chi connectivity index (χ4v) is 4.27. The molecule has 22 heavy (non-hydrogen) atoms. The van der Waals surface area contributed by atoms with Crippen molar-refractivity contribution in [1.29, 1.82) is 0 Å². The van der Waals surface area contributed by atoms with Gasteiger partial charge in [-0.3, -0.25) is 14.4 Å². The van der Waals surface area contributed by atoms with Gasteiger partial charge >= 0.3 is 11.9 Å². The number of Topliss-reactive ketones (excluding diaryl/α,β-unsaturated/α-hetero) is 1. The lowest BCUT2D eigenvalue weighted by Gasteiger charge is -2.22. The quantitative estimate of drug-likeness (QED) is 0.624. The van der Waals surface area contributed by atoms with E-state index >= 15 is 0 Å². The number of hydrogen-bond donors (Lipinski definition) is 0. The van der Waals surface area contributed by atoms with Crippen LogP contribution in [0.15, 0.2) is 30.3 Å². The molecule has 2 aliphatic carbocycles. The number of rotatable bonds is 4. The van der Waals surface area contributed by atoms with Gasteiger partial charge in [0.25, 0.3) is 0 Å². The van der Waals surface area contributed by atoms with Gasteiger partial charge in [-0.2, -0.15) is 0 Å². The summed E-state index contributed by atoms with van der Waals surface area (Å²) in [6.07, 6.45) is 1.60. The van der Waals surface area contributed by atoms with Crippen LogP contribution in [0.2, 0.25) is 0 Å². The Bertz CT molecular complexity index is 636. The highest BCUT2D eigenvalue weighted by molar-refractivity contribution is 5.98. The zero-order valence-electron chi connectivity index (χ0n) is 11.9. The summed E-state index contributed by atoms with van der Waals surface area (Å²) in [5.41, 5.74) is 0.517. The smallest absolute Gasteiger partial charge is 0.310 e. The van der Waals surface area contributed by atoms with Crippen LogP contribution in [0.4, 0.5) is 0 Å². The Kier molecular flexibility index (Phi) is 3.03. The van der Waals surface area contributed by atoms with E-state index in [1.165, 1.54) is 0 Å². The van der Waals surface area contributed by atoms with Gasteiger partial charge in [0.2, 0.25) is 0 Å². The van der Waals surface area contributed by atoms with Crippen molar-refractivity contribution < 1.29 is 23.9 Å². The van der Waals surface area contributed by atoms with Crippen LogP contribution in [-0.4, -0.2) is 30.4 Å². The Morgan fingerprint density at radius 2 is 1.95 bits per heavy atom. The first-order chi connectivity index (χ1) is 10.6. The SMILES string of the molecule is O=C(COC(=O)[C@H]1[C@@H]2C[C@@H]3[C@@H]1C(=O)O[C@@H]3C2)c1ccccc1. The van der Waals surface area contributed by atoms with Crippen LogP contribution in [0, 0.1) is 23.7 Å². The van der Waals surface area contributed by atoms with E-state index in [4.69, 9.17) is 9.47 Å². The zero-order valence-corrected chi connectivity index (χ0v) is 11.9. The first-order valence-electron chi connectivity index (χ1n) is 7.60. The highest BCUT2D eigenvalue weighted by Gasteiger charge is 2.64. The minimum atomic E-state index is -0.431. The van der Waals surface area contributed by atoms with Crippen molar-refractivity contribution in [2.75, 3.05) is 6.61 Å². The minimum absolute atomic E-state index is 0.00231. The van der Waals surface area contributed by atoms with Crippen LogP contribution < -0.4 is 0 Å². The third-order valence-electron chi connectivity index (χ3n) is 5.20. The molecule has 1 aromatic carbocycles. The maximum Gasteiger partial charge on any atom is 0.310 e. The molecule has 0 unspecified atom stereocenters. The van der Waals surface area contributed by atoms with E-state index in [1.54, 1.807) is 24.3 Å². The highest BCUT2D eigenvalue weighted by atomic mass is 16.6. The lowest BCUT2D eigenvalue weighted by molar-refractivity contribution is -0.154. The molecule has 1 aliphatic heterocycles. The Hall–Kier alpha value is -2.17. The van der Waals surface area contributed by atoms with Crippen molar-refractivity contribution in [1.82, 2.24) is 0 Å². The maximum atomic E-state index is 12.3. The first kappa shape index (κ1) is 13.5. The average Bonchev–Trinajstić information content (AvgIpc) is 3.15. The number of carbonyl (C=O) groups is 3. The Morgan fingerprint density at radius 1 is 1.18 bits per heavy atom. The molecular formula is C17H16O5. The Morgan fingerprint density at radius 3 is 2.73 bits per heavy atom. The molecule has 0 aromatic heterocycles. The third kappa shape index (κ3) is 1.95. The largest absolute Gasteiger partial charge is 0.462 e. The normalized spacial score (nSPS) is 34.5. The molecule has 3 fully saturated rings. The summed E-state index contributed by atoms with van der Waals surface area (Å²) in [5.74, 6) is -1.40. The summed E-state index contributed by atoms with van der Waals surface area (Å²) < 4.78 is 10.5. The van der Waals surface area contributed by atoms with Crippen molar-refractivity contribution in [2.45, 2.75) is 18.9 Å². The van der Waals surface area contributed by atoms with E-state index in [9.17, 15) is 14.4 Å². The molecular weight excluding hydrogens is 284 g/mol. The molecule has 0 spiro atoms. The highest BCUT2D eigenvalue weighted by Crippen LogP contribution is 2.57. The van der Waals surface area contributed by atoms with E-state index in [2.05, 4.69) is 0 Å². The molecule has 2 bridgehead atoms. The predicted octanol–water partition coefficient (Wildman–Crippen LogP) is 1.61. The number of hydrogen-bond acceptors (Lipinski definition) is 5. The van der Waals surface area contributed by atoms with Crippen LogP contribution in [0.1, 0.15) is 23.2 Å². The van der Waals surface area contributed by atoms with Crippen molar-refractivity contribution in [2.24, 2.45) is 23.7 Å². The molecule has 5 atom stereocenters. The molecule has 0 N–H and O–H groups in total. The molecule has 1 heterocycles. The van der Waals surface area contributed by atoms with Gasteiger partial charge < -0.3 is 9.47 Å². The topological polar surface area (TPSA) is 69.7 Å². The van der Waals surface area contributed by atoms with Crippen LogP contribution >= 0.6 is 0 Å². The van der Waals surface area contributed by atoms with Gasteiger partial charge in [0.1, 0.15) is 6.10 Å². The zero-order chi connectivity index (χ0) is 15.3. The minimum Gasteiger partial charge on any atom is -0.462 e. The fraction of sp³-hybridized carbons (Fsp3) is 0.471. The summed E-state index contributed by atoms with van der Waals surface area (Å²) in [5, 5.41) is 0. The van der Waals surface area contributed by atoms with Crippen molar-refractivity contribution in [3.63, 3.8) is 0 Å². The standard InChI is InChI=1S/C17H16O5/c18-12(9-4-2-1-3-5-9)8-21-16(19)14-10-6-11-13(7-10)22-17(20)15(11)14/h1-5,10-11,13-15H,6-8H2/t10-,11+,13-,14+,15+/m1/s1. The van der Waals surface area contributed by atoms with Crippen molar-refractivity contribution >= 4 is 17.7 Å². The third-order valence-corrected chi connectivity index (χ3v) is 5.20. The number of carbonyl (C=O) groups excluding carboxylic acids is 3. The summed E-state index contributed by atoms with van der Waals surface area (Å²) in [7, 11) is 0. The molecule has 0 amide bonds. The molecule has 114 valence electrons. The molecule has 1 saturated heterocycles. The van der Waals surface area contributed by atoms with Crippen LogP contribution in [-0.2, 0) is 19.1 Å². The number of esters is 2. The number of ketones is 1. The molecule has 4 rings (SSSR count). The fourth-order valence-electron chi connectivity index (χ4n) is 4.27. The van der Waals surface area contributed by atoms with E-state index in [0.29, 0.717) is 5.56 Å². The maximum absolute atomic E-state index is 12.3. The number of ether oxygens (including phenoxy) is 2. The van der Waals surface area contributed by atoms with Gasteiger partial charge in [-0.1, -0.05) is 30.3 Å². The summed E-state index contributed by atoms with van der Waals surface area (Å²) in [6, 6.07) is 8.72. The van der Waals surface area contributed by atoms with Gasteiger partial charge in [-0.05, 0) is 18.8 Å². The molecule has 3 aliphatic rings. The van der Waals surface area contributed by atoms with Gasteiger partial charge in [0.15, 0.2) is 12.4 Å². The average molecular weight is 300 g/mol. The van der Waals surface area contributed by atoms with E-state index < -0.39 is 11.9 Å². The Balaban J connectivity index is 1.41. The van der Waals surface area contributed by atoms with Crippen molar-refractivity contribution in [3.05, 3.63) is 35.9 Å². The van der Waals surface area contributed by atoms with E-state index in [1.807, 2.05) is 6.07 Å². The molecule has 1 aromatic rings. The second-order valence-electron chi connectivity index (χ2n) is 6.32. The van der Waals surface area contributed by atoms with Crippen LogP contribution in [0.25, 0.3) is 0 Å². The van der Waals surface area contributed by atoms with Gasteiger partial charge in [-0.15, -0.1) is 0 Å². The Labute approximate surface area is 127 Å². The summed E-state index contributed by atoms with van der Waals surface area (Å²) >= 11 is 0. The van der Waals surface area contributed by atoms with Crippen molar-refractivity contribution in [3.8, 4) is 0 Å². The predicted molar refractivity (Wildman–Crippen MR) is 74.8 cm³/mol. The summed E-state index contributed by atoms with van der Waals surface area (Å²) in [6.45, 7) is -0.276.